The number of phenols is 2. The molecular formula is C40H39Cl2F2N3O9. The van der Waals surface area contributed by atoms with Gasteiger partial charge < -0.3 is 34.7 Å². The number of ether oxygens (including phenoxy) is 3. The van der Waals surface area contributed by atoms with Crippen LogP contribution in [0.4, 0.5) is 19.3 Å². The fourth-order valence-corrected chi connectivity index (χ4v) is 8.13. The number of phenolic OH excluding ortho intramolecular Hbond substituents is 1. The molecule has 2 bridgehead atoms. The number of carboxylic acids is 1. The van der Waals surface area contributed by atoms with Gasteiger partial charge in [-0.05, 0) is 98.5 Å². The van der Waals surface area contributed by atoms with Crippen molar-refractivity contribution in [3.8, 4) is 23.0 Å². The number of anilines is 1. The number of rotatable bonds is 14. The van der Waals surface area contributed by atoms with Crippen LogP contribution in [0.3, 0.4) is 0 Å². The van der Waals surface area contributed by atoms with E-state index in [9.17, 15) is 38.9 Å². The number of piperidine rings is 3. The average Bonchev–Trinajstić information content (AvgIpc) is 3.99. The lowest BCUT2D eigenvalue weighted by atomic mass is 9.82. The summed E-state index contributed by atoms with van der Waals surface area (Å²) >= 11 is 13.2. The first-order chi connectivity index (χ1) is 26.9. The molecule has 1 amide bonds. The molecule has 3 saturated heterocycles. The number of amides is 1. The Labute approximate surface area is 330 Å². The van der Waals surface area contributed by atoms with Crippen LogP contribution in [-0.4, -0.2) is 71.2 Å². The van der Waals surface area contributed by atoms with E-state index in [1.54, 1.807) is 12.1 Å². The molecule has 3 N–H and O–H groups in total. The minimum atomic E-state index is -3.14. The number of carboxylic acid groups (broad SMARTS) is 1. The molecule has 1 aliphatic carbocycles. The van der Waals surface area contributed by atoms with Crippen LogP contribution in [0, 0.1) is 17.0 Å². The molecule has 2 atom stereocenters. The van der Waals surface area contributed by atoms with Gasteiger partial charge in [0.05, 0.1) is 18.8 Å². The number of aromatic hydroxyl groups is 2. The normalized spacial score (nSPS) is 19.4. The topological polar surface area (TPSA) is 156 Å². The number of benzene rings is 3. The van der Waals surface area contributed by atoms with Crippen molar-refractivity contribution in [3.05, 3.63) is 110 Å². The SMILES string of the molecule is O=C(O)c1ccc([C@@H](Cc2c(Cl)c[n+]([O-])cc2Cl)c2ccc(OC(F)F)c(OCC3CC3)c2)c(CN(C(=O)O[C@H]2CN3CCC2CC3)c2ccccc2O)c1O. The van der Waals surface area contributed by atoms with Crippen LogP contribution in [0.5, 0.6) is 23.0 Å². The lowest BCUT2D eigenvalue weighted by molar-refractivity contribution is -0.605. The van der Waals surface area contributed by atoms with E-state index < -0.39 is 48.6 Å². The maximum atomic E-state index is 14.3. The van der Waals surface area contributed by atoms with Crippen LogP contribution in [0.2, 0.25) is 10.0 Å². The zero-order valence-electron chi connectivity index (χ0n) is 30.0. The molecule has 16 heteroatoms. The van der Waals surface area contributed by atoms with E-state index in [1.807, 2.05) is 0 Å². The third-order valence-electron chi connectivity index (χ3n) is 10.7. The third kappa shape index (κ3) is 8.67. The highest BCUT2D eigenvalue weighted by Gasteiger charge is 2.38. The standard InChI is InChI=1S/C40H39Cl2F2N3O9/c41-30-18-46(53)19-31(42)28(30)16-27(24-7-10-34(55-39(43)44)35(15-24)54-21-22-5-6-22)25-8-9-26(38(50)51)37(49)29(25)17-47(32-3-1-2-4-33(32)48)40(52)56-36-20-45-13-11-23(36)12-14-45/h1-4,7-10,15,18-19,22-23,27,36,39,48-49H,5-6,11-14,16-17,20-21H2,(H,50,51)/t27-,36-/m0/s1. The van der Waals surface area contributed by atoms with Crippen molar-refractivity contribution >= 4 is 41.0 Å². The maximum absolute atomic E-state index is 14.3. The monoisotopic (exact) mass is 813 g/mol. The highest BCUT2D eigenvalue weighted by atomic mass is 35.5. The minimum Gasteiger partial charge on any atom is -0.619 e. The highest BCUT2D eigenvalue weighted by molar-refractivity contribution is 6.35. The van der Waals surface area contributed by atoms with Crippen LogP contribution in [-0.2, 0) is 17.7 Å². The lowest BCUT2D eigenvalue weighted by Gasteiger charge is -2.44. The number of aromatic carboxylic acids is 1. The van der Waals surface area contributed by atoms with Gasteiger partial charge in [0.15, 0.2) is 23.9 Å². The fraction of sp³-hybridized carbons (Fsp3) is 0.375. The number of halogens is 4. The molecule has 0 radical (unpaired) electrons. The Balaban J connectivity index is 1.37. The van der Waals surface area contributed by atoms with E-state index in [0.29, 0.717) is 22.4 Å². The number of alkyl halides is 2. The molecule has 1 saturated carbocycles. The average molecular weight is 815 g/mol. The number of carbonyl (C=O) groups is 2. The van der Waals surface area contributed by atoms with E-state index in [1.165, 1.54) is 42.5 Å². The van der Waals surface area contributed by atoms with Gasteiger partial charge in [-0.1, -0.05) is 47.5 Å². The number of carbonyl (C=O) groups excluding carboxylic acids is 1. The van der Waals surface area contributed by atoms with E-state index in [4.69, 9.17) is 37.4 Å². The Morgan fingerprint density at radius 2 is 1.68 bits per heavy atom. The fourth-order valence-electron chi connectivity index (χ4n) is 7.53. The van der Waals surface area contributed by atoms with Crippen molar-refractivity contribution in [1.29, 1.82) is 0 Å². The van der Waals surface area contributed by atoms with Gasteiger partial charge in [0.2, 0.25) is 0 Å². The first-order valence-electron chi connectivity index (χ1n) is 18.2. The molecule has 3 aromatic carbocycles. The van der Waals surface area contributed by atoms with Crippen molar-refractivity contribution < 1.29 is 52.6 Å². The zero-order chi connectivity index (χ0) is 39.7. The summed E-state index contributed by atoms with van der Waals surface area (Å²) in [5, 5.41) is 45.2. The van der Waals surface area contributed by atoms with Crippen LogP contribution >= 0.6 is 23.2 Å². The first-order valence-corrected chi connectivity index (χ1v) is 19.0. The second kappa shape index (κ2) is 16.6. The number of pyridine rings is 1. The summed E-state index contributed by atoms with van der Waals surface area (Å²) in [6, 6.07) is 13.1. The predicted molar refractivity (Wildman–Crippen MR) is 201 cm³/mol. The quantitative estimate of drug-likeness (QED) is 0.0851. The van der Waals surface area contributed by atoms with E-state index in [2.05, 4.69) is 4.90 Å². The summed E-state index contributed by atoms with van der Waals surface area (Å²) in [6.45, 7) is -1.04. The van der Waals surface area contributed by atoms with Gasteiger partial charge in [0, 0.05) is 23.6 Å². The van der Waals surface area contributed by atoms with Gasteiger partial charge in [-0.15, -0.1) is 0 Å². The Morgan fingerprint density at radius 3 is 2.30 bits per heavy atom. The number of para-hydroxylation sites is 2. The number of nitrogens with zero attached hydrogens (tertiary/aromatic N) is 3. The van der Waals surface area contributed by atoms with Crippen molar-refractivity contribution in [1.82, 2.24) is 4.90 Å². The highest BCUT2D eigenvalue weighted by Crippen LogP contribution is 2.44. The Kier molecular flexibility index (Phi) is 11.6. The molecule has 296 valence electrons. The summed E-state index contributed by atoms with van der Waals surface area (Å²) in [5.74, 6) is -3.08. The van der Waals surface area contributed by atoms with Crippen LogP contribution < -0.4 is 19.1 Å². The first kappa shape index (κ1) is 39.2. The third-order valence-corrected chi connectivity index (χ3v) is 11.4. The Hall–Kier alpha value is -5.05. The van der Waals surface area contributed by atoms with E-state index in [0.717, 1.165) is 56.1 Å². The number of aromatic nitrogens is 1. The maximum Gasteiger partial charge on any atom is 0.415 e. The van der Waals surface area contributed by atoms with E-state index in [-0.39, 0.29) is 69.0 Å². The second-order valence-electron chi connectivity index (χ2n) is 14.4. The Bertz CT molecular complexity index is 2090. The molecule has 0 unspecified atom stereocenters. The summed E-state index contributed by atoms with van der Waals surface area (Å²) in [4.78, 5) is 30.1. The largest absolute Gasteiger partial charge is 0.619 e. The number of hydrogen-bond acceptors (Lipinski definition) is 9. The van der Waals surface area contributed by atoms with E-state index >= 15 is 0 Å². The van der Waals surface area contributed by atoms with Crippen molar-refractivity contribution in [2.24, 2.45) is 11.8 Å². The van der Waals surface area contributed by atoms with Gasteiger partial charge in [0.1, 0.15) is 33.2 Å². The summed E-state index contributed by atoms with van der Waals surface area (Å²) in [7, 11) is 0. The van der Waals surface area contributed by atoms with Gasteiger partial charge in [0.25, 0.3) is 0 Å². The van der Waals surface area contributed by atoms with Crippen LogP contribution in [0.25, 0.3) is 0 Å². The lowest BCUT2D eigenvalue weighted by Crippen LogP contribution is -2.53. The summed E-state index contributed by atoms with van der Waals surface area (Å²) < 4.78 is 44.3. The molecule has 4 heterocycles. The molecule has 1 aromatic heterocycles. The summed E-state index contributed by atoms with van der Waals surface area (Å²) in [6.07, 6.45) is 4.45. The molecule has 0 spiro atoms. The molecule has 4 aliphatic rings. The second-order valence-corrected chi connectivity index (χ2v) is 15.2. The smallest absolute Gasteiger partial charge is 0.415 e. The van der Waals surface area contributed by atoms with Gasteiger partial charge in [-0.3, -0.25) is 9.80 Å². The van der Waals surface area contributed by atoms with Crippen molar-refractivity contribution in [3.63, 3.8) is 0 Å². The molecule has 8 rings (SSSR count). The number of hydrogen-bond donors (Lipinski definition) is 3. The van der Waals surface area contributed by atoms with Crippen molar-refractivity contribution in [2.45, 2.75) is 57.3 Å². The van der Waals surface area contributed by atoms with Crippen LogP contribution in [0.1, 0.15) is 64.2 Å². The van der Waals surface area contributed by atoms with Crippen LogP contribution in [0.15, 0.2) is 67.0 Å². The Morgan fingerprint density at radius 1 is 0.964 bits per heavy atom. The van der Waals surface area contributed by atoms with Gasteiger partial charge in [-0.25, -0.2) is 9.59 Å². The van der Waals surface area contributed by atoms with Gasteiger partial charge in [-0.2, -0.15) is 13.5 Å². The molecular weight excluding hydrogens is 775 g/mol. The zero-order valence-corrected chi connectivity index (χ0v) is 31.5. The molecule has 4 aromatic rings. The number of fused-ring (bicyclic) bond motifs is 3. The predicted octanol–water partition coefficient (Wildman–Crippen LogP) is 7.74. The molecule has 12 nitrogen and oxygen atoms in total. The molecule has 56 heavy (non-hydrogen) atoms. The van der Waals surface area contributed by atoms with Gasteiger partial charge >= 0.3 is 18.7 Å². The minimum absolute atomic E-state index is 0.00483. The van der Waals surface area contributed by atoms with Crippen molar-refractivity contribution in [2.75, 3.05) is 31.1 Å². The molecule has 3 aliphatic heterocycles. The summed E-state index contributed by atoms with van der Waals surface area (Å²) in [5.41, 5.74) is 0.564. The molecule has 4 fully saturated rings.